The Morgan fingerprint density at radius 1 is 1.00 bits per heavy atom. The number of rotatable bonds is 9. The largest absolute Gasteiger partial charge is 0.500 e. The van der Waals surface area contributed by atoms with Gasteiger partial charge in [0.2, 0.25) is 0 Å². The van der Waals surface area contributed by atoms with Crippen molar-refractivity contribution >= 4 is 36.6 Å². The van der Waals surface area contributed by atoms with Crippen molar-refractivity contribution in [3.8, 4) is 0 Å². The quantitative estimate of drug-likeness (QED) is 0.377. The summed E-state index contributed by atoms with van der Waals surface area (Å²) in [5, 5.41) is 0. The van der Waals surface area contributed by atoms with E-state index in [4.69, 9.17) is 36.5 Å². The van der Waals surface area contributed by atoms with Crippen LogP contribution in [0.3, 0.4) is 0 Å². The van der Waals surface area contributed by atoms with E-state index >= 15 is 0 Å². The second kappa shape index (κ2) is 14.4. The van der Waals surface area contributed by atoms with Crippen LogP contribution in [0.25, 0.3) is 0 Å². The molecule has 4 N–H and O–H groups in total. The second-order valence-electron chi connectivity index (χ2n) is 3.32. The monoisotopic (exact) mass is 349 g/mol. The zero-order chi connectivity index (χ0) is 15.4. The Morgan fingerprint density at radius 2 is 1.30 bits per heavy atom. The van der Waals surface area contributed by atoms with E-state index < -0.39 is 19.2 Å². The van der Waals surface area contributed by atoms with Crippen molar-refractivity contribution in [3.63, 3.8) is 0 Å². The Balaban J connectivity index is -0.000000414. The third-order valence-electron chi connectivity index (χ3n) is 1.78. The third-order valence-corrected chi connectivity index (χ3v) is 4.93. The molecule has 0 saturated carbocycles. The molecule has 0 unspecified atom stereocenters. The predicted octanol–water partition coefficient (Wildman–Crippen LogP) is -0.453. The van der Waals surface area contributed by atoms with Crippen LogP contribution < -0.4 is 5.73 Å². The molecule has 0 aliphatic carbocycles. The van der Waals surface area contributed by atoms with Crippen LogP contribution in [0.5, 0.6) is 0 Å². The highest BCUT2D eigenvalue weighted by Gasteiger charge is 2.39. The molecule has 0 atom stereocenters. The molecule has 11 heteroatoms. The molecule has 20 heavy (non-hydrogen) atoms. The first kappa shape index (κ1) is 25.4. The minimum Gasteiger partial charge on any atom is -0.374 e. The second-order valence-corrected chi connectivity index (χ2v) is 6.95. The van der Waals surface area contributed by atoms with Gasteiger partial charge in [-0.25, -0.2) is 0 Å². The maximum Gasteiger partial charge on any atom is 0.500 e. The van der Waals surface area contributed by atoms with Gasteiger partial charge in [0.25, 0.3) is 0 Å². The molecule has 0 aromatic rings. The average molecular weight is 349 g/mol. The molecule has 0 fully saturated rings. The fourth-order valence-electron chi connectivity index (χ4n) is 1.32. The van der Waals surface area contributed by atoms with Gasteiger partial charge in [-0.2, -0.15) is 8.42 Å². The molecule has 0 radical (unpaired) electrons. The molecule has 0 spiro atoms. The van der Waals surface area contributed by atoms with Crippen LogP contribution in [0.15, 0.2) is 0 Å². The topological polar surface area (TPSA) is 128 Å². The van der Waals surface area contributed by atoms with Crippen molar-refractivity contribution in [1.82, 2.24) is 0 Å². The summed E-state index contributed by atoms with van der Waals surface area (Å²) in [5.41, 5.74) is 5.48. The Kier molecular flexibility index (Phi) is 18.3. The molecular weight excluding hydrogens is 321 g/mol. The van der Waals surface area contributed by atoms with Gasteiger partial charge in [-0.15, -0.1) is 0 Å². The van der Waals surface area contributed by atoms with Gasteiger partial charge in [0.1, 0.15) is 0 Å². The molecule has 0 aromatic heterocycles. The van der Waals surface area contributed by atoms with E-state index in [1.165, 1.54) is 0 Å². The van der Waals surface area contributed by atoms with Crippen molar-refractivity contribution in [2.45, 2.75) is 33.2 Å². The summed E-state index contributed by atoms with van der Waals surface area (Å²) in [6.07, 6.45) is 0.895. The van der Waals surface area contributed by atoms with Crippen molar-refractivity contribution in [1.29, 1.82) is 0 Å². The van der Waals surface area contributed by atoms with Crippen LogP contribution in [0.2, 0.25) is 6.04 Å². The van der Waals surface area contributed by atoms with Crippen LogP contribution in [0.4, 0.5) is 0 Å². The zero-order valence-corrected chi connectivity index (χ0v) is 13.5. The standard InChI is InChI=1S/C9H23NO3Si.Al.H2O4S.3H/c1-4-11-14(12-5-2,13-6-3)9-7-8-10;;1-5(2,3)4;;;/h4-10H2,1-3H3;;(H2,1,2,3,4);;;. The maximum atomic E-state index is 8.74. The highest BCUT2D eigenvalue weighted by atomic mass is 32.3. The molecular formula is C9H28AlNO7SSi. The van der Waals surface area contributed by atoms with E-state index in [2.05, 4.69) is 0 Å². The first-order valence-electron chi connectivity index (χ1n) is 6.06. The molecule has 0 aliphatic heterocycles. The summed E-state index contributed by atoms with van der Waals surface area (Å²) in [6.45, 7) is 8.44. The summed E-state index contributed by atoms with van der Waals surface area (Å²) in [4.78, 5) is 0. The molecule has 8 nitrogen and oxygen atoms in total. The van der Waals surface area contributed by atoms with E-state index in [0.29, 0.717) is 26.4 Å². The Hall–Kier alpha value is 0.459. The number of hydrogen-bond donors (Lipinski definition) is 3. The van der Waals surface area contributed by atoms with E-state index in [1.807, 2.05) is 20.8 Å². The van der Waals surface area contributed by atoms with Gasteiger partial charge in [0, 0.05) is 25.9 Å². The molecule has 0 amide bonds. The highest BCUT2D eigenvalue weighted by Crippen LogP contribution is 2.17. The fraction of sp³-hybridized carbons (Fsp3) is 1.00. The number of hydrogen-bond acceptors (Lipinski definition) is 6. The van der Waals surface area contributed by atoms with E-state index in [-0.39, 0.29) is 17.4 Å². The van der Waals surface area contributed by atoms with Crippen molar-refractivity contribution in [2.24, 2.45) is 5.73 Å². The summed E-state index contributed by atoms with van der Waals surface area (Å²) in [6, 6.07) is 0.818. The smallest absolute Gasteiger partial charge is 0.374 e. The summed E-state index contributed by atoms with van der Waals surface area (Å²) < 4.78 is 48.5. The summed E-state index contributed by atoms with van der Waals surface area (Å²) in [5.74, 6) is 0. The SMILES string of the molecule is CCO[Si](CCCN)(OCC)OCC.O=S(=O)(O)O.[AlH3]. The number of nitrogens with two attached hydrogens (primary N) is 1. The Morgan fingerprint density at radius 3 is 1.50 bits per heavy atom. The van der Waals surface area contributed by atoms with Crippen molar-refractivity contribution in [2.75, 3.05) is 26.4 Å². The molecule has 0 aliphatic rings. The van der Waals surface area contributed by atoms with E-state index in [9.17, 15) is 0 Å². The van der Waals surface area contributed by atoms with Gasteiger partial charge in [-0.1, -0.05) is 0 Å². The minimum atomic E-state index is -4.67. The molecule has 0 heterocycles. The lowest BCUT2D eigenvalue weighted by molar-refractivity contribution is 0.0710. The highest BCUT2D eigenvalue weighted by molar-refractivity contribution is 7.79. The Labute approximate surface area is 133 Å². The van der Waals surface area contributed by atoms with Crippen molar-refractivity contribution in [3.05, 3.63) is 0 Å². The fourth-order valence-corrected chi connectivity index (χ4v) is 3.96. The molecule has 124 valence electrons. The van der Waals surface area contributed by atoms with Gasteiger partial charge in [-0.3, -0.25) is 9.11 Å². The molecule has 0 bridgehead atoms. The van der Waals surface area contributed by atoms with Gasteiger partial charge < -0.3 is 19.0 Å². The van der Waals surface area contributed by atoms with Crippen molar-refractivity contribution < 1.29 is 30.8 Å². The van der Waals surface area contributed by atoms with Crippen LogP contribution in [0.1, 0.15) is 27.2 Å². The van der Waals surface area contributed by atoms with Gasteiger partial charge >= 0.3 is 19.2 Å². The normalized spacial score (nSPS) is 11.3. The van der Waals surface area contributed by atoms with E-state index in [1.54, 1.807) is 0 Å². The molecule has 0 saturated heterocycles. The summed E-state index contributed by atoms with van der Waals surface area (Å²) >= 11 is 0. The minimum absolute atomic E-state index is 0. The van der Waals surface area contributed by atoms with Gasteiger partial charge in [0.15, 0.2) is 17.4 Å². The average Bonchev–Trinajstić information content (AvgIpc) is 2.25. The lowest BCUT2D eigenvalue weighted by atomic mass is 10.5. The molecule has 0 rings (SSSR count). The van der Waals surface area contributed by atoms with Crippen LogP contribution in [-0.4, -0.2) is 70.1 Å². The van der Waals surface area contributed by atoms with Gasteiger partial charge in [0.05, 0.1) is 0 Å². The maximum absolute atomic E-state index is 8.74. The lowest BCUT2D eigenvalue weighted by Gasteiger charge is -2.28. The van der Waals surface area contributed by atoms with Crippen LogP contribution in [-0.2, 0) is 23.7 Å². The molecule has 0 aromatic carbocycles. The van der Waals surface area contributed by atoms with Gasteiger partial charge in [-0.05, 0) is 33.7 Å². The van der Waals surface area contributed by atoms with E-state index in [0.717, 1.165) is 12.5 Å². The lowest BCUT2D eigenvalue weighted by Crippen LogP contribution is -2.46. The zero-order valence-electron chi connectivity index (χ0n) is 11.7. The first-order valence-corrected chi connectivity index (χ1v) is 9.39. The third kappa shape index (κ3) is 18.5. The van der Waals surface area contributed by atoms with Crippen LogP contribution >= 0.6 is 0 Å². The Bertz CT molecular complexity index is 280. The first-order chi connectivity index (χ1) is 8.74. The van der Waals surface area contributed by atoms with Crippen LogP contribution in [0, 0.1) is 0 Å². The summed E-state index contributed by atoms with van der Waals surface area (Å²) in [7, 11) is -7.06. The predicted molar refractivity (Wildman–Crippen MR) is 83.2 cm³/mol.